The normalized spacial score (nSPS) is 10.9. The molecule has 7 nitrogen and oxygen atoms in total. The molecule has 32 heavy (non-hydrogen) atoms. The van der Waals surface area contributed by atoms with Crippen LogP contribution in [0.4, 0.5) is 5.69 Å². The van der Waals surface area contributed by atoms with E-state index in [1.807, 2.05) is 60.0 Å². The zero-order valence-electron chi connectivity index (χ0n) is 18.1. The first kappa shape index (κ1) is 21.6. The first-order valence-corrected chi connectivity index (χ1v) is 11.1. The van der Waals surface area contributed by atoms with Gasteiger partial charge in [0.25, 0.3) is 5.91 Å². The van der Waals surface area contributed by atoms with Gasteiger partial charge in [0.2, 0.25) is 0 Å². The third kappa shape index (κ3) is 4.97. The molecule has 0 bridgehead atoms. The Labute approximate surface area is 190 Å². The van der Waals surface area contributed by atoms with Crippen LogP contribution < -0.4 is 14.8 Å². The highest BCUT2D eigenvalue weighted by Gasteiger charge is 2.16. The van der Waals surface area contributed by atoms with Crippen LogP contribution in [0.15, 0.2) is 66.0 Å². The number of anilines is 1. The van der Waals surface area contributed by atoms with Gasteiger partial charge in [-0.3, -0.25) is 4.79 Å². The molecule has 0 aliphatic heterocycles. The van der Waals surface area contributed by atoms with E-state index < -0.39 is 0 Å². The molecule has 0 atom stereocenters. The molecule has 2 aromatic carbocycles. The van der Waals surface area contributed by atoms with Crippen molar-refractivity contribution in [2.24, 2.45) is 5.92 Å². The summed E-state index contributed by atoms with van der Waals surface area (Å²) in [4.78, 5) is 17.7. The summed E-state index contributed by atoms with van der Waals surface area (Å²) in [5.74, 6) is 1.59. The second-order valence-electron chi connectivity index (χ2n) is 7.54. The van der Waals surface area contributed by atoms with E-state index >= 15 is 0 Å². The number of carbonyl (C=O) groups is 1. The number of nitrogens with zero attached hydrogens (tertiary/aromatic N) is 3. The molecule has 0 spiro atoms. The molecule has 0 fully saturated rings. The van der Waals surface area contributed by atoms with Crippen molar-refractivity contribution in [1.82, 2.24) is 14.8 Å². The molecule has 0 unspecified atom stereocenters. The number of ether oxygens (including phenoxy) is 2. The molecule has 4 rings (SSSR count). The summed E-state index contributed by atoms with van der Waals surface area (Å²) >= 11 is 1.40. The molecule has 8 heteroatoms. The molecule has 164 valence electrons. The number of nitrogens with one attached hydrogen (secondary N) is 1. The van der Waals surface area contributed by atoms with Crippen molar-refractivity contribution in [3.63, 3.8) is 0 Å². The van der Waals surface area contributed by atoms with Gasteiger partial charge < -0.3 is 14.8 Å². The van der Waals surface area contributed by atoms with Crippen LogP contribution in [0.2, 0.25) is 0 Å². The first-order valence-electron chi connectivity index (χ1n) is 10.2. The van der Waals surface area contributed by atoms with Crippen LogP contribution in [0.25, 0.3) is 17.1 Å². The van der Waals surface area contributed by atoms with Gasteiger partial charge in [0.05, 0.1) is 24.3 Å². The predicted octanol–water partition coefficient (Wildman–Crippen LogP) is 5.29. The number of hydrogen-bond acceptors (Lipinski definition) is 6. The van der Waals surface area contributed by atoms with Crippen LogP contribution in [0.5, 0.6) is 11.8 Å². The van der Waals surface area contributed by atoms with E-state index in [1.165, 1.54) is 11.3 Å². The van der Waals surface area contributed by atoms with Crippen molar-refractivity contribution in [2.45, 2.75) is 13.8 Å². The molecule has 2 heterocycles. The van der Waals surface area contributed by atoms with Crippen LogP contribution >= 0.6 is 11.3 Å². The number of aromatic nitrogens is 3. The number of hydrogen-bond donors (Lipinski definition) is 1. The lowest BCUT2D eigenvalue weighted by Crippen LogP contribution is -2.10. The highest BCUT2D eigenvalue weighted by molar-refractivity contribution is 7.12. The molecule has 0 saturated carbocycles. The van der Waals surface area contributed by atoms with E-state index in [1.54, 1.807) is 17.9 Å². The largest absolute Gasteiger partial charge is 0.497 e. The van der Waals surface area contributed by atoms with E-state index in [4.69, 9.17) is 9.47 Å². The molecule has 2 aromatic heterocycles. The van der Waals surface area contributed by atoms with Gasteiger partial charge >= 0.3 is 6.01 Å². The molecule has 4 aromatic rings. The fourth-order valence-electron chi connectivity index (χ4n) is 3.02. The van der Waals surface area contributed by atoms with Crippen molar-refractivity contribution in [2.75, 3.05) is 19.0 Å². The standard InChI is InChI=1S/C24H24N4O3S/c1-16(2)15-31-24-26-22(17-9-11-20(30-3)12-10-17)28(27-24)19-7-4-6-18(14-19)25-23(29)21-8-5-13-32-21/h4-14,16H,15H2,1-3H3,(H,25,29). The first-order chi connectivity index (χ1) is 15.5. The number of carbonyl (C=O) groups excluding carboxylic acids is 1. The lowest BCUT2D eigenvalue weighted by molar-refractivity contribution is 0.103. The van der Waals surface area contributed by atoms with Gasteiger partial charge in [0, 0.05) is 11.3 Å². The quantitative estimate of drug-likeness (QED) is 0.396. The Morgan fingerprint density at radius 2 is 1.94 bits per heavy atom. The maximum absolute atomic E-state index is 12.5. The Balaban J connectivity index is 1.68. The Hall–Kier alpha value is -3.65. The minimum absolute atomic E-state index is 0.146. The maximum atomic E-state index is 12.5. The van der Waals surface area contributed by atoms with Gasteiger partial charge in [0.1, 0.15) is 5.75 Å². The van der Waals surface area contributed by atoms with E-state index in [9.17, 15) is 4.79 Å². The van der Waals surface area contributed by atoms with Gasteiger partial charge in [-0.1, -0.05) is 26.0 Å². The lowest BCUT2D eigenvalue weighted by Gasteiger charge is -2.09. The fourth-order valence-corrected chi connectivity index (χ4v) is 3.64. The number of amides is 1. The lowest BCUT2D eigenvalue weighted by atomic mass is 10.2. The van der Waals surface area contributed by atoms with Gasteiger partial charge in [-0.25, -0.2) is 4.68 Å². The zero-order valence-corrected chi connectivity index (χ0v) is 18.9. The molecule has 0 aliphatic carbocycles. The monoisotopic (exact) mass is 448 g/mol. The summed E-state index contributed by atoms with van der Waals surface area (Å²) in [6, 6.07) is 19.0. The average molecular weight is 449 g/mol. The van der Waals surface area contributed by atoms with Gasteiger partial charge in [-0.15, -0.1) is 16.4 Å². The van der Waals surface area contributed by atoms with Crippen LogP contribution in [0, 0.1) is 5.92 Å². The van der Waals surface area contributed by atoms with Crippen molar-refractivity contribution in [3.05, 3.63) is 70.9 Å². The molecule has 1 N–H and O–H groups in total. The third-order valence-corrected chi connectivity index (χ3v) is 5.44. The third-order valence-electron chi connectivity index (χ3n) is 4.58. The highest BCUT2D eigenvalue weighted by atomic mass is 32.1. The van der Waals surface area contributed by atoms with Crippen LogP contribution in [-0.2, 0) is 0 Å². The minimum Gasteiger partial charge on any atom is -0.497 e. The van der Waals surface area contributed by atoms with E-state index in [0.717, 1.165) is 17.0 Å². The Morgan fingerprint density at radius 1 is 1.12 bits per heavy atom. The molecule has 0 aliphatic rings. The Kier molecular flexibility index (Phi) is 6.51. The number of thiophene rings is 1. The van der Waals surface area contributed by atoms with Crippen molar-refractivity contribution >= 4 is 22.9 Å². The van der Waals surface area contributed by atoms with Crippen LogP contribution in [0.3, 0.4) is 0 Å². The van der Waals surface area contributed by atoms with Crippen LogP contribution in [-0.4, -0.2) is 34.4 Å². The van der Waals surface area contributed by atoms with Gasteiger partial charge in [0.15, 0.2) is 5.82 Å². The van der Waals surface area contributed by atoms with Crippen LogP contribution in [0.1, 0.15) is 23.5 Å². The van der Waals surface area contributed by atoms with Crippen molar-refractivity contribution in [1.29, 1.82) is 0 Å². The summed E-state index contributed by atoms with van der Waals surface area (Å²) in [5.41, 5.74) is 2.29. The summed E-state index contributed by atoms with van der Waals surface area (Å²) in [6.07, 6.45) is 0. The van der Waals surface area contributed by atoms with E-state index in [0.29, 0.717) is 34.9 Å². The predicted molar refractivity (Wildman–Crippen MR) is 126 cm³/mol. The highest BCUT2D eigenvalue weighted by Crippen LogP contribution is 2.27. The maximum Gasteiger partial charge on any atom is 0.336 e. The van der Waals surface area contributed by atoms with E-state index in [-0.39, 0.29) is 5.91 Å². The summed E-state index contributed by atoms with van der Waals surface area (Å²) < 4.78 is 12.8. The molecule has 0 radical (unpaired) electrons. The zero-order chi connectivity index (χ0) is 22.5. The smallest absolute Gasteiger partial charge is 0.336 e. The topological polar surface area (TPSA) is 78.3 Å². The number of benzene rings is 2. The Bertz CT molecular complexity index is 1180. The minimum atomic E-state index is -0.146. The second-order valence-corrected chi connectivity index (χ2v) is 8.49. The van der Waals surface area contributed by atoms with Gasteiger partial charge in [-0.05, 0) is 59.8 Å². The summed E-state index contributed by atoms with van der Waals surface area (Å²) in [7, 11) is 1.63. The summed E-state index contributed by atoms with van der Waals surface area (Å²) in [6.45, 7) is 4.66. The van der Waals surface area contributed by atoms with Crippen molar-refractivity contribution < 1.29 is 14.3 Å². The summed E-state index contributed by atoms with van der Waals surface area (Å²) in [5, 5.41) is 9.40. The molecule has 1 amide bonds. The Morgan fingerprint density at radius 3 is 2.62 bits per heavy atom. The molecule has 0 saturated heterocycles. The average Bonchev–Trinajstić information content (AvgIpc) is 3.48. The van der Waals surface area contributed by atoms with E-state index in [2.05, 4.69) is 29.2 Å². The SMILES string of the molecule is COc1ccc(-c2nc(OCC(C)C)nn2-c2cccc(NC(=O)c3cccs3)c2)cc1. The fraction of sp³-hybridized carbons (Fsp3) is 0.208. The second kappa shape index (κ2) is 9.65. The number of rotatable bonds is 8. The molecular formula is C24H24N4O3S. The van der Waals surface area contributed by atoms with Crippen molar-refractivity contribution in [3.8, 4) is 28.8 Å². The molecular weight excluding hydrogens is 424 g/mol. The number of methoxy groups -OCH3 is 1. The van der Waals surface area contributed by atoms with Gasteiger partial charge in [-0.2, -0.15) is 4.98 Å².